The Morgan fingerprint density at radius 3 is 2.85 bits per heavy atom. The largest absolute Gasteiger partial charge is 0.356 e. The summed E-state index contributed by atoms with van der Waals surface area (Å²) < 4.78 is 0. The second-order valence-electron chi connectivity index (χ2n) is 6.93. The first-order valence-electron chi connectivity index (χ1n) is 8.30. The predicted molar refractivity (Wildman–Crippen MR) is 82.6 cm³/mol. The van der Waals surface area contributed by atoms with Gasteiger partial charge in [-0.15, -0.1) is 0 Å². The zero-order valence-electron chi connectivity index (χ0n) is 13.3. The molecule has 4 heteroatoms. The fourth-order valence-electron chi connectivity index (χ4n) is 3.42. The maximum atomic E-state index is 12.1. The molecule has 2 N–H and O–H groups in total. The average Bonchev–Trinajstić information content (AvgIpc) is 2.88. The van der Waals surface area contributed by atoms with Crippen LogP contribution in [-0.4, -0.2) is 49.1 Å². The van der Waals surface area contributed by atoms with E-state index >= 15 is 0 Å². The first-order valence-corrected chi connectivity index (χ1v) is 8.30. The summed E-state index contributed by atoms with van der Waals surface area (Å²) >= 11 is 0. The summed E-state index contributed by atoms with van der Waals surface area (Å²) in [5.74, 6) is 1.48. The number of rotatable bonds is 5. The fourth-order valence-corrected chi connectivity index (χ4v) is 3.42. The van der Waals surface area contributed by atoms with Crippen LogP contribution in [0.15, 0.2) is 0 Å². The number of hydrogen-bond donors (Lipinski definition) is 2. The number of carbonyl (C=O) groups excluding carboxylic acids is 1. The van der Waals surface area contributed by atoms with E-state index in [-0.39, 0.29) is 5.91 Å². The van der Waals surface area contributed by atoms with Gasteiger partial charge in [0, 0.05) is 31.6 Å². The Kier molecular flexibility index (Phi) is 5.85. The van der Waals surface area contributed by atoms with Crippen molar-refractivity contribution in [2.75, 3.05) is 26.2 Å². The molecular weight excluding hydrogens is 250 g/mol. The van der Waals surface area contributed by atoms with Gasteiger partial charge in [0.05, 0.1) is 0 Å². The highest BCUT2D eigenvalue weighted by atomic mass is 16.1. The Bertz CT molecular complexity index is 319. The molecule has 2 saturated heterocycles. The molecule has 4 nitrogen and oxygen atoms in total. The molecule has 0 aromatic carbocycles. The van der Waals surface area contributed by atoms with E-state index in [9.17, 15) is 4.79 Å². The van der Waals surface area contributed by atoms with Gasteiger partial charge >= 0.3 is 0 Å². The standard InChI is InChI=1S/C16H31N3O/c1-12(2)19-8-6-14(11-19)10-18-16(20)9-15-13(3)5-4-7-17-15/h12-15,17H,4-11H2,1-3H3,(H,18,20). The molecule has 0 bridgehead atoms. The van der Waals surface area contributed by atoms with Gasteiger partial charge in [-0.2, -0.15) is 0 Å². The van der Waals surface area contributed by atoms with Crippen LogP contribution in [0.2, 0.25) is 0 Å². The first kappa shape index (κ1) is 15.8. The van der Waals surface area contributed by atoms with E-state index in [1.165, 1.54) is 25.8 Å². The number of nitrogens with zero attached hydrogens (tertiary/aromatic N) is 1. The Hall–Kier alpha value is -0.610. The quantitative estimate of drug-likeness (QED) is 0.805. The van der Waals surface area contributed by atoms with Crippen molar-refractivity contribution < 1.29 is 4.79 Å². The molecule has 2 heterocycles. The lowest BCUT2D eigenvalue weighted by Gasteiger charge is -2.29. The molecular formula is C16H31N3O. The van der Waals surface area contributed by atoms with Gasteiger partial charge in [-0.3, -0.25) is 4.79 Å². The summed E-state index contributed by atoms with van der Waals surface area (Å²) in [6.07, 6.45) is 4.35. The Balaban J connectivity index is 1.65. The molecule has 2 rings (SSSR count). The van der Waals surface area contributed by atoms with Gasteiger partial charge in [-0.25, -0.2) is 0 Å². The van der Waals surface area contributed by atoms with Gasteiger partial charge in [0.1, 0.15) is 0 Å². The number of piperidine rings is 1. The smallest absolute Gasteiger partial charge is 0.221 e. The van der Waals surface area contributed by atoms with E-state index in [1.54, 1.807) is 0 Å². The van der Waals surface area contributed by atoms with E-state index in [0.29, 0.717) is 30.3 Å². The maximum Gasteiger partial charge on any atom is 0.221 e. The molecule has 0 saturated carbocycles. The van der Waals surface area contributed by atoms with E-state index in [2.05, 4.69) is 36.3 Å². The van der Waals surface area contributed by atoms with Gasteiger partial charge in [0.15, 0.2) is 0 Å². The summed E-state index contributed by atoms with van der Waals surface area (Å²) in [6, 6.07) is 1.00. The van der Waals surface area contributed by atoms with Crippen molar-refractivity contribution in [3.8, 4) is 0 Å². The number of carbonyl (C=O) groups is 1. The minimum Gasteiger partial charge on any atom is -0.356 e. The minimum absolute atomic E-state index is 0.222. The number of amides is 1. The summed E-state index contributed by atoms with van der Waals surface area (Å²) in [5.41, 5.74) is 0. The normalized spacial score (nSPS) is 31.7. The zero-order valence-corrected chi connectivity index (χ0v) is 13.3. The van der Waals surface area contributed by atoms with Crippen molar-refractivity contribution in [3.63, 3.8) is 0 Å². The van der Waals surface area contributed by atoms with Gasteiger partial charge < -0.3 is 15.5 Å². The molecule has 20 heavy (non-hydrogen) atoms. The number of likely N-dealkylation sites (tertiary alicyclic amines) is 1. The van der Waals surface area contributed by atoms with Crippen LogP contribution in [0.4, 0.5) is 0 Å². The SMILES string of the molecule is CC1CCCNC1CC(=O)NCC1CCN(C(C)C)C1. The zero-order chi connectivity index (χ0) is 14.5. The molecule has 0 aromatic rings. The third-order valence-electron chi connectivity index (χ3n) is 4.97. The Morgan fingerprint density at radius 1 is 1.40 bits per heavy atom. The topological polar surface area (TPSA) is 44.4 Å². The van der Waals surface area contributed by atoms with Crippen LogP contribution in [0.25, 0.3) is 0 Å². The molecule has 3 atom stereocenters. The van der Waals surface area contributed by atoms with Gasteiger partial charge in [0.2, 0.25) is 5.91 Å². The van der Waals surface area contributed by atoms with Crippen molar-refractivity contribution >= 4 is 5.91 Å². The summed E-state index contributed by atoms with van der Waals surface area (Å²) in [7, 11) is 0. The molecule has 2 fully saturated rings. The van der Waals surface area contributed by atoms with Crippen LogP contribution in [0.5, 0.6) is 0 Å². The van der Waals surface area contributed by atoms with Crippen molar-refractivity contribution in [2.24, 2.45) is 11.8 Å². The van der Waals surface area contributed by atoms with E-state index < -0.39 is 0 Å². The lowest BCUT2D eigenvalue weighted by atomic mass is 9.90. The lowest BCUT2D eigenvalue weighted by Crippen LogP contribution is -2.44. The molecule has 116 valence electrons. The highest BCUT2D eigenvalue weighted by Crippen LogP contribution is 2.19. The molecule has 0 aromatic heterocycles. The summed E-state index contributed by atoms with van der Waals surface area (Å²) in [6.45, 7) is 11.0. The molecule has 2 aliphatic heterocycles. The van der Waals surface area contributed by atoms with Gasteiger partial charge in [0.25, 0.3) is 0 Å². The van der Waals surface area contributed by atoms with E-state index in [4.69, 9.17) is 0 Å². The van der Waals surface area contributed by atoms with Crippen LogP contribution >= 0.6 is 0 Å². The van der Waals surface area contributed by atoms with Crippen molar-refractivity contribution in [1.82, 2.24) is 15.5 Å². The van der Waals surface area contributed by atoms with Crippen LogP contribution < -0.4 is 10.6 Å². The summed E-state index contributed by atoms with van der Waals surface area (Å²) in [5, 5.41) is 6.63. The Morgan fingerprint density at radius 2 is 2.20 bits per heavy atom. The van der Waals surface area contributed by atoms with Crippen molar-refractivity contribution in [1.29, 1.82) is 0 Å². The lowest BCUT2D eigenvalue weighted by molar-refractivity contribution is -0.122. The van der Waals surface area contributed by atoms with Crippen LogP contribution in [0, 0.1) is 11.8 Å². The van der Waals surface area contributed by atoms with E-state index in [0.717, 1.165) is 19.6 Å². The van der Waals surface area contributed by atoms with Crippen LogP contribution in [0.3, 0.4) is 0 Å². The molecule has 0 spiro atoms. The molecule has 0 aliphatic carbocycles. The highest BCUT2D eigenvalue weighted by Gasteiger charge is 2.26. The fraction of sp³-hybridized carbons (Fsp3) is 0.938. The third kappa shape index (κ3) is 4.45. The maximum absolute atomic E-state index is 12.1. The van der Waals surface area contributed by atoms with Gasteiger partial charge in [-0.1, -0.05) is 6.92 Å². The average molecular weight is 281 g/mol. The minimum atomic E-state index is 0.222. The monoisotopic (exact) mass is 281 g/mol. The van der Waals surface area contributed by atoms with Crippen LogP contribution in [-0.2, 0) is 4.79 Å². The molecule has 2 aliphatic rings. The van der Waals surface area contributed by atoms with Crippen LogP contribution in [0.1, 0.15) is 46.5 Å². The molecule has 1 amide bonds. The Labute approximate surface area is 123 Å². The molecule has 3 unspecified atom stereocenters. The molecule has 0 radical (unpaired) electrons. The van der Waals surface area contributed by atoms with Crippen molar-refractivity contribution in [3.05, 3.63) is 0 Å². The van der Waals surface area contributed by atoms with E-state index in [1.807, 2.05) is 0 Å². The second kappa shape index (κ2) is 7.41. The first-order chi connectivity index (χ1) is 9.56. The third-order valence-corrected chi connectivity index (χ3v) is 4.97. The highest BCUT2D eigenvalue weighted by molar-refractivity contribution is 5.76. The van der Waals surface area contributed by atoms with Crippen molar-refractivity contribution in [2.45, 2.75) is 58.5 Å². The number of hydrogen-bond acceptors (Lipinski definition) is 3. The summed E-state index contributed by atoms with van der Waals surface area (Å²) in [4.78, 5) is 14.6. The predicted octanol–water partition coefficient (Wildman–Crippen LogP) is 1.61. The number of nitrogens with one attached hydrogen (secondary N) is 2. The second-order valence-corrected chi connectivity index (χ2v) is 6.93. The van der Waals surface area contributed by atoms with Gasteiger partial charge in [-0.05, 0) is 58.0 Å².